The Balaban J connectivity index is 1.66. The maximum absolute atomic E-state index is 12.7. The molecule has 2 fully saturated rings. The van der Waals surface area contributed by atoms with E-state index in [1.807, 2.05) is 30.3 Å². The van der Waals surface area contributed by atoms with Gasteiger partial charge in [-0.05, 0) is 25.8 Å². The van der Waals surface area contributed by atoms with E-state index in [4.69, 9.17) is 4.74 Å². The molecule has 3 rings (SSSR count). The molecule has 1 aromatic rings. The minimum Gasteiger partial charge on any atom is -0.461 e. The summed E-state index contributed by atoms with van der Waals surface area (Å²) < 4.78 is 7.17. The van der Waals surface area contributed by atoms with Gasteiger partial charge in [0.05, 0.1) is 31.1 Å². The molecule has 2 aliphatic rings. The van der Waals surface area contributed by atoms with Crippen LogP contribution < -0.4 is 0 Å². The number of ether oxygens (including phenoxy) is 1. The Kier molecular flexibility index (Phi) is 5.00. The largest absolute Gasteiger partial charge is 0.461 e. The summed E-state index contributed by atoms with van der Waals surface area (Å²) >= 11 is 0. The summed E-state index contributed by atoms with van der Waals surface area (Å²) in [7, 11) is 2.41. The summed E-state index contributed by atoms with van der Waals surface area (Å²) in [5.41, 5.74) is 1.08. The van der Waals surface area contributed by atoms with Gasteiger partial charge in [0.25, 0.3) is 0 Å². The van der Waals surface area contributed by atoms with Crippen molar-refractivity contribution in [3.63, 3.8) is 0 Å². The number of benzene rings is 1. The van der Waals surface area contributed by atoms with Gasteiger partial charge in [0, 0.05) is 25.7 Å². The van der Waals surface area contributed by atoms with E-state index in [0.29, 0.717) is 18.1 Å². The Morgan fingerprint density at radius 3 is 2.25 bits per heavy atom. The highest BCUT2D eigenvalue weighted by molar-refractivity contribution is 5.78. The van der Waals surface area contributed by atoms with E-state index in [1.165, 1.54) is 17.3 Å². The maximum Gasteiger partial charge on any atom is 0.313 e. The summed E-state index contributed by atoms with van der Waals surface area (Å²) in [4.78, 5) is 12.7. The highest BCUT2D eigenvalue weighted by Crippen LogP contribution is 2.44. The third-order valence-corrected chi connectivity index (χ3v) is 6.77. The molecule has 0 saturated carbocycles. The van der Waals surface area contributed by atoms with E-state index < -0.39 is 0 Å². The van der Waals surface area contributed by atoms with Gasteiger partial charge in [-0.15, -0.1) is 0 Å². The molecule has 3 heteroatoms. The highest BCUT2D eigenvalue weighted by atomic mass is 16.5. The quantitative estimate of drug-likeness (QED) is 0.595. The molecule has 0 radical (unpaired) electrons. The molecule has 2 saturated heterocycles. The van der Waals surface area contributed by atoms with Crippen molar-refractivity contribution in [1.29, 1.82) is 0 Å². The van der Waals surface area contributed by atoms with Gasteiger partial charge in [-0.3, -0.25) is 4.79 Å². The van der Waals surface area contributed by atoms with Crippen molar-refractivity contribution < 1.29 is 14.0 Å². The van der Waals surface area contributed by atoms with Crippen LogP contribution in [0.3, 0.4) is 0 Å². The number of piperidine rings is 1. The standard InChI is InChI=1S/C21H32NO2/c1-5-20(16-9-7-6-8-10-16)21(23)24-19-13-17-11-12-18(14-19)22(17,4)15(2)3/h6-10,15,17-20H,5,11-14H2,1-4H3/q+1. The molecular formula is C21H32NO2+. The summed E-state index contributed by atoms with van der Waals surface area (Å²) in [6.07, 6.45) is 5.52. The van der Waals surface area contributed by atoms with E-state index in [-0.39, 0.29) is 18.0 Å². The first-order valence-corrected chi connectivity index (χ1v) is 9.57. The van der Waals surface area contributed by atoms with E-state index in [1.54, 1.807) is 0 Å². The second kappa shape index (κ2) is 6.87. The minimum absolute atomic E-state index is 0.0336. The van der Waals surface area contributed by atoms with Crippen molar-refractivity contribution in [2.75, 3.05) is 7.05 Å². The van der Waals surface area contributed by atoms with Crippen LogP contribution in [0.4, 0.5) is 0 Å². The molecule has 3 unspecified atom stereocenters. The van der Waals surface area contributed by atoms with Crippen LogP contribution in [0.25, 0.3) is 0 Å². The average molecular weight is 330 g/mol. The number of nitrogens with zero attached hydrogens (tertiary/aromatic N) is 1. The molecule has 24 heavy (non-hydrogen) atoms. The van der Waals surface area contributed by atoms with Crippen molar-refractivity contribution in [2.24, 2.45) is 0 Å². The Hall–Kier alpha value is -1.35. The van der Waals surface area contributed by atoms with Crippen LogP contribution in [-0.4, -0.2) is 41.7 Å². The van der Waals surface area contributed by atoms with Crippen LogP contribution in [0.2, 0.25) is 0 Å². The molecular weight excluding hydrogens is 298 g/mol. The lowest BCUT2D eigenvalue weighted by Gasteiger charge is -2.49. The zero-order valence-electron chi connectivity index (χ0n) is 15.6. The lowest BCUT2D eigenvalue weighted by molar-refractivity contribution is -0.968. The first-order valence-electron chi connectivity index (χ1n) is 9.57. The monoisotopic (exact) mass is 330 g/mol. The minimum atomic E-state index is -0.128. The van der Waals surface area contributed by atoms with Crippen LogP contribution >= 0.6 is 0 Å². The number of fused-ring (bicyclic) bond motifs is 2. The van der Waals surface area contributed by atoms with Crippen LogP contribution in [0, 0.1) is 0 Å². The van der Waals surface area contributed by atoms with E-state index in [2.05, 4.69) is 27.8 Å². The normalized spacial score (nSPS) is 33.5. The molecule has 0 N–H and O–H groups in total. The Morgan fingerprint density at radius 2 is 1.75 bits per heavy atom. The van der Waals surface area contributed by atoms with Crippen molar-refractivity contribution in [3.8, 4) is 0 Å². The second-order valence-corrected chi connectivity index (χ2v) is 8.10. The number of esters is 1. The molecule has 1 aromatic carbocycles. The number of rotatable bonds is 5. The van der Waals surface area contributed by atoms with E-state index in [0.717, 1.165) is 24.8 Å². The van der Waals surface area contributed by atoms with Gasteiger partial charge in [0.1, 0.15) is 6.10 Å². The van der Waals surface area contributed by atoms with E-state index >= 15 is 0 Å². The number of hydrogen-bond donors (Lipinski definition) is 0. The SMILES string of the molecule is CCC(C(=O)OC1CC2CCC(C1)[N+]2(C)C(C)C)c1ccccc1. The lowest BCUT2D eigenvalue weighted by atomic mass is 9.93. The lowest BCUT2D eigenvalue weighted by Crippen LogP contribution is -2.62. The molecule has 0 amide bonds. The fourth-order valence-corrected chi connectivity index (χ4v) is 5.04. The predicted octanol–water partition coefficient (Wildman–Crippen LogP) is 4.27. The average Bonchev–Trinajstić information content (AvgIpc) is 2.74. The van der Waals surface area contributed by atoms with Crippen molar-refractivity contribution in [1.82, 2.24) is 0 Å². The number of carbonyl (C=O) groups excluding carboxylic acids is 1. The third-order valence-electron chi connectivity index (χ3n) is 6.77. The summed E-state index contributed by atoms with van der Waals surface area (Å²) in [5.74, 6) is -0.162. The van der Waals surface area contributed by atoms with Gasteiger partial charge in [0.15, 0.2) is 0 Å². The molecule has 132 valence electrons. The number of hydrogen-bond acceptors (Lipinski definition) is 2. The summed E-state index contributed by atoms with van der Waals surface area (Å²) in [6, 6.07) is 12.0. The fraction of sp³-hybridized carbons (Fsp3) is 0.667. The molecule has 0 aromatic heterocycles. The van der Waals surface area contributed by atoms with E-state index in [9.17, 15) is 4.79 Å². The highest BCUT2D eigenvalue weighted by Gasteiger charge is 2.53. The first kappa shape index (κ1) is 17.5. The zero-order valence-corrected chi connectivity index (χ0v) is 15.6. The summed E-state index contributed by atoms with van der Waals surface area (Å²) in [5, 5.41) is 0. The van der Waals surface area contributed by atoms with Gasteiger partial charge in [-0.1, -0.05) is 37.3 Å². The number of carbonyl (C=O) groups is 1. The molecule has 0 aliphatic carbocycles. The Morgan fingerprint density at radius 1 is 1.17 bits per heavy atom. The van der Waals surface area contributed by atoms with Crippen molar-refractivity contribution >= 4 is 5.97 Å². The van der Waals surface area contributed by atoms with Gasteiger partial charge >= 0.3 is 5.97 Å². The molecule has 3 atom stereocenters. The van der Waals surface area contributed by atoms with Crippen LogP contribution in [-0.2, 0) is 9.53 Å². The molecule has 2 aliphatic heterocycles. The maximum atomic E-state index is 12.7. The second-order valence-electron chi connectivity index (χ2n) is 8.10. The fourth-order valence-electron chi connectivity index (χ4n) is 5.04. The van der Waals surface area contributed by atoms with Gasteiger partial charge in [-0.25, -0.2) is 0 Å². The van der Waals surface area contributed by atoms with Crippen LogP contribution in [0.5, 0.6) is 0 Å². The molecule has 2 bridgehead atoms. The third kappa shape index (κ3) is 2.99. The van der Waals surface area contributed by atoms with Crippen LogP contribution in [0.15, 0.2) is 30.3 Å². The molecule has 3 nitrogen and oxygen atoms in total. The van der Waals surface area contributed by atoms with Crippen molar-refractivity contribution in [3.05, 3.63) is 35.9 Å². The van der Waals surface area contributed by atoms with Gasteiger partial charge < -0.3 is 9.22 Å². The Bertz CT molecular complexity index is 554. The van der Waals surface area contributed by atoms with Gasteiger partial charge in [0.2, 0.25) is 0 Å². The van der Waals surface area contributed by atoms with Gasteiger partial charge in [-0.2, -0.15) is 0 Å². The number of quaternary nitrogens is 1. The van der Waals surface area contributed by atoms with Crippen molar-refractivity contribution in [2.45, 2.75) is 83.0 Å². The smallest absolute Gasteiger partial charge is 0.313 e. The first-order chi connectivity index (χ1) is 11.5. The van der Waals surface area contributed by atoms with Crippen LogP contribution in [0.1, 0.15) is 64.4 Å². The summed E-state index contributed by atoms with van der Waals surface area (Å²) in [6.45, 7) is 6.73. The predicted molar refractivity (Wildman–Crippen MR) is 96.7 cm³/mol. The topological polar surface area (TPSA) is 26.3 Å². The Labute approximate surface area is 146 Å². The zero-order chi connectivity index (χ0) is 17.3. The molecule has 2 heterocycles. The molecule has 0 spiro atoms.